The molecule has 45 heavy (non-hydrogen) atoms. The molecule has 8 nitrogen and oxygen atoms in total. The SMILES string of the molecule is C=CCN1C[C@H](C)N([C@@H](c2cccc(O)c2)c2cccc(C(=O)N3CCC(NCc4ccc(C(=O)OC)cc4)CC3)c2)C[C@H]1C. The van der Waals surface area contributed by atoms with Gasteiger partial charge in [-0.3, -0.25) is 14.6 Å². The van der Waals surface area contributed by atoms with Gasteiger partial charge in [0.05, 0.1) is 18.7 Å². The van der Waals surface area contributed by atoms with E-state index in [2.05, 4.69) is 47.7 Å². The van der Waals surface area contributed by atoms with Crippen molar-refractivity contribution in [2.45, 2.75) is 57.4 Å². The van der Waals surface area contributed by atoms with Crippen molar-refractivity contribution >= 4 is 11.9 Å². The van der Waals surface area contributed by atoms with Crippen molar-refractivity contribution in [1.29, 1.82) is 0 Å². The van der Waals surface area contributed by atoms with Crippen molar-refractivity contribution < 1.29 is 19.4 Å². The molecular formula is C37H46N4O4. The molecule has 0 aromatic heterocycles. The number of phenolic OH excluding ortho intramolecular Hbond substituents is 1. The highest BCUT2D eigenvalue weighted by Crippen LogP contribution is 2.35. The highest BCUT2D eigenvalue weighted by molar-refractivity contribution is 5.94. The Morgan fingerprint density at radius 3 is 2.31 bits per heavy atom. The van der Waals surface area contributed by atoms with E-state index in [1.807, 2.05) is 53.4 Å². The number of amides is 1. The van der Waals surface area contributed by atoms with Crippen LogP contribution >= 0.6 is 0 Å². The number of aromatic hydroxyl groups is 1. The maximum Gasteiger partial charge on any atom is 0.337 e. The predicted molar refractivity (Wildman–Crippen MR) is 177 cm³/mol. The second-order valence-electron chi connectivity index (χ2n) is 12.4. The van der Waals surface area contributed by atoms with Crippen LogP contribution in [0.4, 0.5) is 0 Å². The Kier molecular flexibility index (Phi) is 10.7. The monoisotopic (exact) mass is 610 g/mol. The standard InChI is InChI=1S/C37H46N4O4/c1-5-18-40-24-27(3)41(25-26(40)2)35(31-9-7-11-34(42)22-31)30-8-6-10-32(21-30)36(43)39-19-16-33(17-20-39)38-23-28-12-14-29(15-13-28)37(44)45-4/h5-15,21-22,26-27,33,35,38,42H,1,16-20,23-25H2,2-4H3/t26-,27+,35-/m1/s1. The molecule has 3 atom stereocenters. The lowest BCUT2D eigenvalue weighted by Gasteiger charge is -2.47. The third-order valence-corrected chi connectivity index (χ3v) is 9.25. The molecule has 2 heterocycles. The fourth-order valence-corrected chi connectivity index (χ4v) is 6.72. The summed E-state index contributed by atoms with van der Waals surface area (Å²) in [6.45, 7) is 13.2. The van der Waals surface area contributed by atoms with Gasteiger partial charge >= 0.3 is 5.97 Å². The van der Waals surface area contributed by atoms with Crippen molar-refractivity contribution in [2.75, 3.05) is 39.8 Å². The first kappa shape index (κ1) is 32.4. The van der Waals surface area contributed by atoms with E-state index in [0.29, 0.717) is 42.8 Å². The van der Waals surface area contributed by atoms with Crippen molar-refractivity contribution in [1.82, 2.24) is 20.0 Å². The Morgan fingerprint density at radius 2 is 1.64 bits per heavy atom. The molecule has 5 rings (SSSR count). The average Bonchev–Trinajstić information content (AvgIpc) is 3.06. The Bertz CT molecular complexity index is 1470. The molecule has 3 aromatic rings. The molecule has 2 aliphatic heterocycles. The molecule has 0 saturated carbocycles. The van der Waals surface area contributed by atoms with Gasteiger partial charge < -0.3 is 20.1 Å². The first-order valence-corrected chi connectivity index (χ1v) is 16.0. The molecule has 1 amide bonds. The fourth-order valence-electron chi connectivity index (χ4n) is 6.72. The van der Waals surface area contributed by atoms with E-state index in [1.165, 1.54) is 7.11 Å². The van der Waals surface area contributed by atoms with Crippen LogP contribution in [0.2, 0.25) is 0 Å². The van der Waals surface area contributed by atoms with E-state index in [9.17, 15) is 14.7 Å². The van der Waals surface area contributed by atoms with Crippen molar-refractivity contribution in [3.8, 4) is 5.75 Å². The molecule has 2 saturated heterocycles. The quantitative estimate of drug-likeness (QED) is 0.240. The number of ether oxygens (including phenoxy) is 1. The number of hydrogen-bond acceptors (Lipinski definition) is 7. The van der Waals surface area contributed by atoms with Crippen molar-refractivity contribution in [3.05, 3.63) is 113 Å². The van der Waals surface area contributed by atoms with Crippen LogP contribution in [0.25, 0.3) is 0 Å². The number of likely N-dealkylation sites (tertiary alicyclic amines) is 1. The summed E-state index contributed by atoms with van der Waals surface area (Å²) in [7, 11) is 1.38. The number of carbonyl (C=O) groups is 2. The molecule has 0 bridgehead atoms. The molecule has 2 N–H and O–H groups in total. The highest BCUT2D eigenvalue weighted by atomic mass is 16.5. The summed E-state index contributed by atoms with van der Waals surface area (Å²) in [4.78, 5) is 32.4. The third kappa shape index (κ3) is 7.82. The Hall–Kier alpha value is -3.98. The normalized spacial score (nSPS) is 20.5. The molecule has 238 valence electrons. The molecule has 2 aliphatic rings. The van der Waals surface area contributed by atoms with Crippen LogP contribution in [0.1, 0.15) is 70.1 Å². The van der Waals surface area contributed by atoms with Gasteiger partial charge in [0.2, 0.25) is 0 Å². The predicted octanol–water partition coefficient (Wildman–Crippen LogP) is 5.24. The van der Waals surface area contributed by atoms with E-state index in [0.717, 1.165) is 49.2 Å². The van der Waals surface area contributed by atoms with Crippen LogP contribution < -0.4 is 5.32 Å². The number of piperidine rings is 1. The van der Waals surface area contributed by atoms with Crippen LogP contribution in [0.15, 0.2) is 85.5 Å². The number of carbonyl (C=O) groups excluding carboxylic acids is 2. The summed E-state index contributed by atoms with van der Waals surface area (Å²) in [5, 5.41) is 14.0. The van der Waals surface area contributed by atoms with E-state index in [-0.39, 0.29) is 29.7 Å². The number of piperazine rings is 1. The first-order valence-electron chi connectivity index (χ1n) is 16.0. The number of nitrogens with zero attached hydrogens (tertiary/aromatic N) is 3. The van der Waals surface area contributed by atoms with E-state index < -0.39 is 0 Å². The van der Waals surface area contributed by atoms with Gasteiger partial charge in [0.25, 0.3) is 5.91 Å². The molecule has 0 unspecified atom stereocenters. The van der Waals surface area contributed by atoms with Gasteiger partial charge in [-0.05, 0) is 79.8 Å². The second kappa shape index (κ2) is 14.9. The second-order valence-corrected chi connectivity index (χ2v) is 12.4. The van der Waals surface area contributed by atoms with Gasteiger partial charge in [-0.25, -0.2) is 4.79 Å². The Morgan fingerprint density at radius 1 is 0.956 bits per heavy atom. The zero-order valence-electron chi connectivity index (χ0n) is 26.7. The molecule has 0 aliphatic carbocycles. The number of methoxy groups -OCH3 is 1. The van der Waals surface area contributed by atoms with E-state index in [1.54, 1.807) is 18.2 Å². The molecule has 8 heteroatoms. The molecule has 2 fully saturated rings. The first-order chi connectivity index (χ1) is 21.8. The number of phenols is 1. The van der Waals surface area contributed by atoms with Crippen molar-refractivity contribution in [2.24, 2.45) is 0 Å². The summed E-state index contributed by atoms with van der Waals surface area (Å²) < 4.78 is 4.78. The van der Waals surface area contributed by atoms with Gasteiger partial charge in [0.1, 0.15) is 5.75 Å². The summed E-state index contributed by atoms with van der Waals surface area (Å²) in [6, 6.07) is 23.9. The number of benzene rings is 3. The number of esters is 1. The van der Waals surface area contributed by atoms with E-state index >= 15 is 0 Å². The molecular weight excluding hydrogens is 564 g/mol. The molecule has 0 spiro atoms. The highest BCUT2D eigenvalue weighted by Gasteiger charge is 2.35. The van der Waals surface area contributed by atoms with Crippen LogP contribution in [0, 0.1) is 0 Å². The molecule has 3 aromatic carbocycles. The van der Waals surface area contributed by atoms with E-state index in [4.69, 9.17) is 4.74 Å². The summed E-state index contributed by atoms with van der Waals surface area (Å²) >= 11 is 0. The number of hydrogen-bond donors (Lipinski definition) is 2. The maximum atomic E-state index is 13.8. The minimum atomic E-state index is -0.335. The van der Waals surface area contributed by atoms with Crippen LogP contribution in [0.3, 0.4) is 0 Å². The Labute approximate surface area is 267 Å². The topological polar surface area (TPSA) is 85.4 Å². The minimum Gasteiger partial charge on any atom is -0.508 e. The molecule has 0 radical (unpaired) electrons. The third-order valence-electron chi connectivity index (χ3n) is 9.25. The summed E-state index contributed by atoms with van der Waals surface area (Å²) in [6.07, 6.45) is 3.72. The maximum absolute atomic E-state index is 13.8. The minimum absolute atomic E-state index is 0.0561. The lowest BCUT2D eigenvalue weighted by atomic mass is 9.92. The van der Waals surface area contributed by atoms with Crippen LogP contribution in [-0.2, 0) is 11.3 Å². The van der Waals surface area contributed by atoms with Gasteiger partial charge in [0, 0.05) is 63.0 Å². The largest absolute Gasteiger partial charge is 0.508 e. The van der Waals surface area contributed by atoms with Crippen LogP contribution in [0.5, 0.6) is 5.75 Å². The summed E-state index contributed by atoms with van der Waals surface area (Å²) in [5.74, 6) is -0.0378. The summed E-state index contributed by atoms with van der Waals surface area (Å²) in [5.41, 5.74) is 4.41. The van der Waals surface area contributed by atoms with Gasteiger partial charge in [0.15, 0.2) is 0 Å². The number of rotatable bonds is 10. The zero-order chi connectivity index (χ0) is 31.9. The zero-order valence-corrected chi connectivity index (χ0v) is 26.7. The lowest BCUT2D eigenvalue weighted by Crippen LogP contribution is -2.57. The van der Waals surface area contributed by atoms with Gasteiger partial charge in [-0.2, -0.15) is 0 Å². The van der Waals surface area contributed by atoms with Gasteiger partial charge in [-0.1, -0.05) is 42.5 Å². The fraction of sp³-hybridized carbons (Fsp3) is 0.405. The Balaban J connectivity index is 1.26. The van der Waals surface area contributed by atoms with Gasteiger partial charge in [-0.15, -0.1) is 6.58 Å². The van der Waals surface area contributed by atoms with Crippen molar-refractivity contribution in [3.63, 3.8) is 0 Å². The lowest BCUT2D eigenvalue weighted by molar-refractivity contribution is 0.0306. The number of nitrogens with one attached hydrogen (secondary N) is 1. The average molecular weight is 611 g/mol. The smallest absolute Gasteiger partial charge is 0.337 e. The van der Waals surface area contributed by atoms with Crippen LogP contribution in [-0.4, -0.2) is 89.6 Å².